The van der Waals surface area contributed by atoms with Crippen molar-refractivity contribution in [2.45, 2.75) is 13.3 Å². The van der Waals surface area contributed by atoms with Gasteiger partial charge in [0.15, 0.2) is 0 Å². The molecule has 0 saturated heterocycles. The fourth-order valence-electron chi connectivity index (χ4n) is 2.53. The van der Waals surface area contributed by atoms with Gasteiger partial charge < -0.3 is 10.2 Å². The first kappa shape index (κ1) is 18.4. The molecule has 0 saturated carbocycles. The number of hydrogen-bond acceptors (Lipinski definition) is 2. The highest BCUT2D eigenvalue weighted by Gasteiger charge is 2.00. The molecule has 0 aromatic heterocycles. The van der Waals surface area contributed by atoms with E-state index in [0.29, 0.717) is 0 Å². The fraction of sp³-hybridized carbons (Fsp3) is 0.333. The Morgan fingerprint density at radius 2 is 1.58 bits per heavy atom. The standard InChI is InChI=1S/C21H27FN2/c1-17(13-15-23-14-4-16-24(2)3)18-5-7-19(8-6-18)20-9-11-21(22)12-10-20/h5-13,23H,4,14-16H2,1-3H3. The van der Waals surface area contributed by atoms with Crippen LogP contribution in [0.3, 0.4) is 0 Å². The summed E-state index contributed by atoms with van der Waals surface area (Å²) in [7, 11) is 4.19. The van der Waals surface area contributed by atoms with Gasteiger partial charge in [0.2, 0.25) is 0 Å². The lowest BCUT2D eigenvalue weighted by Crippen LogP contribution is -2.21. The SMILES string of the molecule is CC(=CCNCCCN(C)C)c1ccc(-c2ccc(F)cc2)cc1. The predicted octanol–water partition coefficient (Wildman–Crippen LogP) is 4.44. The summed E-state index contributed by atoms with van der Waals surface area (Å²) in [5.74, 6) is -0.202. The molecule has 128 valence electrons. The van der Waals surface area contributed by atoms with Crippen LogP contribution in [0.5, 0.6) is 0 Å². The van der Waals surface area contributed by atoms with Crippen LogP contribution in [0.15, 0.2) is 54.6 Å². The normalized spacial score (nSPS) is 12.0. The number of benzene rings is 2. The molecular formula is C21H27FN2. The molecule has 1 N–H and O–H groups in total. The Morgan fingerprint density at radius 1 is 1.00 bits per heavy atom. The first-order valence-electron chi connectivity index (χ1n) is 8.45. The lowest BCUT2D eigenvalue weighted by molar-refractivity contribution is 0.396. The van der Waals surface area contributed by atoms with Gasteiger partial charge in [-0.05, 0) is 74.9 Å². The van der Waals surface area contributed by atoms with Crippen molar-refractivity contribution in [3.8, 4) is 11.1 Å². The highest BCUT2D eigenvalue weighted by Crippen LogP contribution is 2.22. The van der Waals surface area contributed by atoms with E-state index in [9.17, 15) is 4.39 Å². The van der Waals surface area contributed by atoms with E-state index in [4.69, 9.17) is 0 Å². The molecule has 2 rings (SSSR count). The van der Waals surface area contributed by atoms with Gasteiger partial charge in [0.25, 0.3) is 0 Å². The van der Waals surface area contributed by atoms with E-state index in [-0.39, 0.29) is 5.82 Å². The number of nitrogens with one attached hydrogen (secondary N) is 1. The first-order chi connectivity index (χ1) is 11.6. The minimum atomic E-state index is -0.202. The summed E-state index contributed by atoms with van der Waals surface area (Å²) in [6.07, 6.45) is 3.38. The summed E-state index contributed by atoms with van der Waals surface area (Å²) in [4.78, 5) is 2.20. The van der Waals surface area contributed by atoms with Crippen LogP contribution >= 0.6 is 0 Å². The molecule has 2 aromatic rings. The number of rotatable bonds is 8. The van der Waals surface area contributed by atoms with Crippen molar-refractivity contribution in [1.82, 2.24) is 10.2 Å². The van der Waals surface area contributed by atoms with Crippen LogP contribution in [0.2, 0.25) is 0 Å². The van der Waals surface area contributed by atoms with E-state index in [1.54, 1.807) is 0 Å². The molecule has 24 heavy (non-hydrogen) atoms. The molecule has 0 radical (unpaired) electrons. The van der Waals surface area contributed by atoms with E-state index in [2.05, 4.69) is 61.6 Å². The number of nitrogens with zero attached hydrogens (tertiary/aromatic N) is 1. The average Bonchev–Trinajstić information content (AvgIpc) is 2.58. The van der Waals surface area contributed by atoms with Crippen molar-refractivity contribution in [3.05, 3.63) is 66.0 Å². The maximum Gasteiger partial charge on any atom is 0.123 e. The third kappa shape index (κ3) is 5.91. The summed E-state index contributed by atoms with van der Waals surface area (Å²) in [6, 6.07) is 15.0. The number of halogens is 1. The summed E-state index contributed by atoms with van der Waals surface area (Å²) in [5.41, 5.74) is 4.62. The summed E-state index contributed by atoms with van der Waals surface area (Å²) in [6.45, 7) is 5.17. The van der Waals surface area contributed by atoms with Crippen molar-refractivity contribution in [1.29, 1.82) is 0 Å². The van der Waals surface area contributed by atoms with Crippen molar-refractivity contribution in [2.75, 3.05) is 33.7 Å². The van der Waals surface area contributed by atoms with E-state index in [0.717, 1.165) is 37.2 Å². The van der Waals surface area contributed by atoms with Crippen LogP contribution in [-0.4, -0.2) is 38.6 Å². The van der Waals surface area contributed by atoms with Crippen LogP contribution in [0.4, 0.5) is 4.39 Å². The molecule has 0 bridgehead atoms. The molecular weight excluding hydrogens is 299 g/mol. The summed E-state index contributed by atoms with van der Waals surface area (Å²) in [5, 5.41) is 3.45. The summed E-state index contributed by atoms with van der Waals surface area (Å²) < 4.78 is 13.0. The predicted molar refractivity (Wildman–Crippen MR) is 102 cm³/mol. The molecule has 0 aliphatic rings. The molecule has 0 spiro atoms. The fourth-order valence-corrected chi connectivity index (χ4v) is 2.53. The highest BCUT2D eigenvalue weighted by molar-refractivity contribution is 5.69. The molecule has 0 heterocycles. The van der Waals surface area contributed by atoms with Crippen molar-refractivity contribution in [2.24, 2.45) is 0 Å². The topological polar surface area (TPSA) is 15.3 Å². The van der Waals surface area contributed by atoms with Gasteiger partial charge >= 0.3 is 0 Å². The molecule has 0 aliphatic heterocycles. The molecule has 0 amide bonds. The number of allylic oxidation sites excluding steroid dienone is 1. The second-order valence-electron chi connectivity index (χ2n) is 6.33. The first-order valence-corrected chi connectivity index (χ1v) is 8.45. The van der Waals surface area contributed by atoms with Crippen LogP contribution in [0.1, 0.15) is 18.9 Å². The van der Waals surface area contributed by atoms with E-state index in [1.807, 2.05) is 12.1 Å². The second-order valence-corrected chi connectivity index (χ2v) is 6.33. The van der Waals surface area contributed by atoms with Crippen LogP contribution in [0.25, 0.3) is 16.7 Å². The van der Waals surface area contributed by atoms with Crippen molar-refractivity contribution in [3.63, 3.8) is 0 Å². The highest BCUT2D eigenvalue weighted by atomic mass is 19.1. The smallest absolute Gasteiger partial charge is 0.123 e. The van der Waals surface area contributed by atoms with Crippen LogP contribution < -0.4 is 5.32 Å². The van der Waals surface area contributed by atoms with Crippen molar-refractivity contribution < 1.29 is 4.39 Å². The molecule has 0 unspecified atom stereocenters. The van der Waals surface area contributed by atoms with Gasteiger partial charge in [0.05, 0.1) is 0 Å². The third-order valence-corrected chi connectivity index (χ3v) is 4.03. The summed E-state index contributed by atoms with van der Waals surface area (Å²) >= 11 is 0. The van der Waals surface area contributed by atoms with Gasteiger partial charge in [-0.2, -0.15) is 0 Å². The minimum absolute atomic E-state index is 0.202. The van der Waals surface area contributed by atoms with E-state index in [1.165, 1.54) is 23.3 Å². The molecule has 0 atom stereocenters. The Labute approximate surface area is 145 Å². The maximum absolute atomic E-state index is 13.0. The van der Waals surface area contributed by atoms with E-state index >= 15 is 0 Å². The zero-order chi connectivity index (χ0) is 17.4. The molecule has 3 heteroatoms. The average molecular weight is 326 g/mol. The number of hydrogen-bond donors (Lipinski definition) is 1. The Morgan fingerprint density at radius 3 is 2.17 bits per heavy atom. The van der Waals surface area contributed by atoms with Gasteiger partial charge in [-0.1, -0.05) is 42.5 Å². The Hall–Kier alpha value is -1.97. The Balaban J connectivity index is 1.87. The second kappa shape index (κ2) is 9.36. The minimum Gasteiger partial charge on any atom is -0.313 e. The largest absolute Gasteiger partial charge is 0.313 e. The van der Waals surface area contributed by atoms with Crippen LogP contribution in [0, 0.1) is 5.82 Å². The third-order valence-electron chi connectivity index (χ3n) is 4.03. The zero-order valence-electron chi connectivity index (χ0n) is 14.8. The van der Waals surface area contributed by atoms with E-state index < -0.39 is 0 Å². The lowest BCUT2D eigenvalue weighted by atomic mass is 10.0. The Kier molecular flexibility index (Phi) is 7.16. The molecule has 2 aromatic carbocycles. The molecule has 0 fully saturated rings. The monoisotopic (exact) mass is 326 g/mol. The zero-order valence-corrected chi connectivity index (χ0v) is 14.8. The van der Waals surface area contributed by atoms with Gasteiger partial charge in [0, 0.05) is 6.54 Å². The maximum atomic E-state index is 13.0. The van der Waals surface area contributed by atoms with Gasteiger partial charge in [-0.15, -0.1) is 0 Å². The van der Waals surface area contributed by atoms with Gasteiger partial charge in [-0.25, -0.2) is 4.39 Å². The van der Waals surface area contributed by atoms with Crippen molar-refractivity contribution >= 4 is 5.57 Å². The quantitative estimate of drug-likeness (QED) is 0.722. The Bertz CT molecular complexity index is 643. The van der Waals surface area contributed by atoms with Gasteiger partial charge in [-0.3, -0.25) is 0 Å². The lowest BCUT2D eigenvalue weighted by Gasteiger charge is -2.09. The van der Waals surface area contributed by atoms with Gasteiger partial charge in [0.1, 0.15) is 5.82 Å². The van der Waals surface area contributed by atoms with Crippen LogP contribution in [-0.2, 0) is 0 Å². The molecule has 2 nitrogen and oxygen atoms in total. The molecule has 0 aliphatic carbocycles.